The molecule has 2 rings (SSSR count). The highest BCUT2D eigenvalue weighted by atomic mass is 35.5. The van der Waals surface area contributed by atoms with E-state index in [0.29, 0.717) is 6.54 Å². The van der Waals surface area contributed by atoms with Crippen LogP contribution in [0.25, 0.3) is 0 Å². The smallest absolute Gasteiger partial charge is 0.127 e. The summed E-state index contributed by atoms with van der Waals surface area (Å²) in [6, 6.07) is 3.92. The van der Waals surface area contributed by atoms with Gasteiger partial charge < -0.3 is 10.5 Å². The third-order valence-electron chi connectivity index (χ3n) is 3.28. The molecule has 2 N–H and O–H groups in total. The molecule has 1 aromatic rings. The molecule has 0 radical (unpaired) electrons. The number of rotatable bonds is 3. The minimum absolute atomic E-state index is 0.0778. The first-order chi connectivity index (χ1) is 7.14. The lowest BCUT2D eigenvalue weighted by Gasteiger charge is -2.20. The third kappa shape index (κ3) is 1.62. The zero-order valence-corrected chi connectivity index (χ0v) is 9.90. The Kier molecular flexibility index (Phi) is 2.65. The molecule has 1 fully saturated rings. The molecule has 2 nitrogen and oxygen atoms in total. The van der Waals surface area contributed by atoms with Crippen LogP contribution in [0.15, 0.2) is 12.1 Å². The van der Waals surface area contributed by atoms with Crippen LogP contribution in [0.4, 0.5) is 0 Å². The lowest BCUT2D eigenvalue weighted by atomic mass is 9.93. The highest BCUT2D eigenvalue weighted by molar-refractivity contribution is 6.31. The molecule has 1 aliphatic carbocycles. The fourth-order valence-corrected chi connectivity index (χ4v) is 2.48. The van der Waals surface area contributed by atoms with Crippen LogP contribution in [0, 0.1) is 6.92 Å². The molecule has 82 valence electrons. The van der Waals surface area contributed by atoms with E-state index in [2.05, 4.69) is 0 Å². The second-order valence-corrected chi connectivity index (χ2v) is 4.66. The van der Waals surface area contributed by atoms with Crippen LogP contribution in [0.1, 0.15) is 24.0 Å². The maximum atomic E-state index is 6.25. The largest absolute Gasteiger partial charge is 0.496 e. The highest BCUT2D eigenvalue weighted by Gasteiger charge is 2.46. The Labute approximate surface area is 95.4 Å². The summed E-state index contributed by atoms with van der Waals surface area (Å²) in [5.74, 6) is 0.908. The number of methoxy groups -OCH3 is 1. The number of halogens is 1. The van der Waals surface area contributed by atoms with Crippen molar-refractivity contribution < 1.29 is 4.74 Å². The zero-order chi connectivity index (χ0) is 11.1. The van der Waals surface area contributed by atoms with Crippen LogP contribution in [0.3, 0.4) is 0 Å². The van der Waals surface area contributed by atoms with Crippen LogP contribution >= 0.6 is 11.6 Å². The lowest BCUT2D eigenvalue weighted by Crippen LogP contribution is -2.21. The molecule has 0 saturated heterocycles. The van der Waals surface area contributed by atoms with Crippen molar-refractivity contribution in [2.45, 2.75) is 25.2 Å². The van der Waals surface area contributed by atoms with Crippen molar-refractivity contribution in [1.29, 1.82) is 0 Å². The molecule has 1 aliphatic rings. The van der Waals surface area contributed by atoms with Gasteiger partial charge in [-0.15, -0.1) is 0 Å². The van der Waals surface area contributed by atoms with Gasteiger partial charge in [0, 0.05) is 22.5 Å². The van der Waals surface area contributed by atoms with Crippen LogP contribution in [-0.4, -0.2) is 13.7 Å². The van der Waals surface area contributed by atoms with E-state index in [1.165, 1.54) is 0 Å². The van der Waals surface area contributed by atoms with Gasteiger partial charge in [0.05, 0.1) is 7.11 Å². The summed E-state index contributed by atoms with van der Waals surface area (Å²) in [5.41, 5.74) is 8.13. The fourth-order valence-electron chi connectivity index (χ4n) is 2.13. The second kappa shape index (κ2) is 3.69. The molecule has 1 saturated carbocycles. The van der Waals surface area contributed by atoms with E-state index in [1.54, 1.807) is 7.11 Å². The number of nitrogens with two attached hydrogens (primary N) is 1. The quantitative estimate of drug-likeness (QED) is 0.859. The van der Waals surface area contributed by atoms with Crippen molar-refractivity contribution in [3.63, 3.8) is 0 Å². The van der Waals surface area contributed by atoms with Crippen molar-refractivity contribution in [3.05, 3.63) is 28.3 Å². The fraction of sp³-hybridized carbons (Fsp3) is 0.500. The normalized spacial score (nSPS) is 17.6. The van der Waals surface area contributed by atoms with Gasteiger partial charge in [-0.3, -0.25) is 0 Å². The van der Waals surface area contributed by atoms with Gasteiger partial charge in [-0.05, 0) is 31.4 Å². The Morgan fingerprint density at radius 1 is 1.47 bits per heavy atom. The number of hydrogen-bond acceptors (Lipinski definition) is 2. The number of ether oxygens (including phenoxy) is 1. The van der Waals surface area contributed by atoms with E-state index < -0.39 is 0 Å². The second-order valence-electron chi connectivity index (χ2n) is 4.26. The monoisotopic (exact) mass is 225 g/mol. The van der Waals surface area contributed by atoms with Crippen LogP contribution in [0.2, 0.25) is 5.02 Å². The van der Waals surface area contributed by atoms with Crippen molar-refractivity contribution >= 4 is 11.6 Å². The van der Waals surface area contributed by atoms with Gasteiger partial charge >= 0.3 is 0 Å². The standard InChI is InChI=1S/C12H16ClNO/c1-8-3-4-9(13)10(11(8)15-2)12(7-14)5-6-12/h3-4H,5-7,14H2,1-2H3. The molecule has 1 aromatic carbocycles. The first-order valence-corrected chi connectivity index (χ1v) is 5.56. The van der Waals surface area contributed by atoms with Crippen LogP contribution in [-0.2, 0) is 5.41 Å². The van der Waals surface area contributed by atoms with Crippen molar-refractivity contribution in [3.8, 4) is 5.75 Å². The van der Waals surface area contributed by atoms with Crippen molar-refractivity contribution in [1.82, 2.24) is 0 Å². The molecular weight excluding hydrogens is 210 g/mol. The Bertz CT molecular complexity index is 385. The van der Waals surface area contributed by atoms with Gasteiger partial charge in [-0.25, -0.2) is 0 Å². The van der Waals surface area contributed by atoms with E-state index in [0.717, 1.165) is 34.7 Å². The van der Waals surface area contributed by atoms with Gasteiger partial charge in [-0.2, -0.15) is 0 Å². The lowest BCUT2D eigenvalue weighted by molar-refractivity contribution is 0.401. The molecule has 0 unspecified atom stereocenters. The maximum Gasteiger partial charge on any atom is 0.127 e. The first-order valence-electron chi connectivity index (χ1n) is 5.18. The number of hydrogen-bond donors (Lipinski definition) is 1. The van der Waals surface area contributed by atoms with E-state index in [9.17, 15) is 0 Å². The van der Waals surface area contributed by atoms with Gasteiger partial charge in [0.25, 0.3) is 0 Å². The van der Waals surface area contributed by atoms with E-state index in [4.69, 9.17) is 22.1 Å². The van der Waals surface area contributed by atoms with Gasteiger partial charge in [0.15, 0.2) is 0 Å². The van der Waals surface area contributed by atoms with Crippen LogP contribution < -0.4 is 10.5 Å². The zero-order valence-electron chi connectivity index (χ0n) is 9.14. The predicted octanol–water partition coefficient (Wildman–Crippen LogP) is 2.65. The Balaban J connectivity index is 2.58. The summed E-state index contributed by atoms with van der Waals surface area (Å²) in [5, 5.41) is 0.778. The molecule has 0 spiro atoms. The molecule has 0 aromatic heterocycles. The molecule has 0 bridgehead atoms. The van der Waals surface area contributed by atoms with E-state index >= 15 is 0 Å². The molecule has 3 heteroatoms. The number of aryl methyl sites for hydroxylation is 1. The summed E-state index contributed by atoms with van der Waals surface area (Å²) in [4.78, 5) is 0. The van der Waals surface area contributed by atoms with Crippen molar-refractivity contribution in [2.24, 2.45) is 5.73 Å². The summed E-state index contributed by atoms with van der Waals surface area (Å²) in [7, 11) is 1.69. The van der Waals surface area contributed by atoms with Gasteiger partial charge in [-0.1, -0.05) is 17.7 Å². The third-order valence-corrected chi connectivity index (χ3v) is 3.60. The van der Waals surface area contributed by atoms with Gasteiger partial charge in [0.1, 0.15) is 5.75 Å². The predicted molar refractivity (Wildman–Crippen MR) is 62.7 cm³/mol. The Morgan fingerprint density at radius 3 is 2.60 bits per heavy atom. The summed E-state index contributed by atoms with van der Waals surface area (Å²) in [6.45, 7) is 2.68. The Hall–Kier alpha value is -0.730. The minimum Gasteiger partial charge on any atom is -0.496 e. The molecule has 0 amide bonds. The minimum atomic E-state index is 0.0778. The summed E-state index contributed by atoms with van der Waals surface area (Å²) < 4.78 is 5.45. The van der Waals surface area contributed by atoms with E-state index in [1.807, 2.05) is 19.1 Å². The molecule has 0 atom stereocenters. The number of benzene rings is 1. The molecule has 0 heterocycles. The topological polar surface area (TPSA) is 35.2 Å². The average molecular weight is 226 g/mol. The first kappa shape index (κ1) is 10.8. The Morgan fingerprint density at radius 2 is 2.13 bits per heavy atom. The van der Waals surface area contributed by atoms with E-state index in [-0.39, 0.29) is 5.41 Å². The SMILES string of the molecule is COc1c(C)ccc(Cl)c1C1(CN)CC1. The molecule has 15 heavy (non-hydrogen) atoms. The average Bonchev–Trinajstić information content (AvgIpc) is 3.01. The molecule has 0 aliphatic heterocycles. The maximum absolute atomic E-state index is 6.25. The van der Waals surface area contributed by atoms with Crippen molar-refractivity contribution in [2.75, 3.05) is 13.7 Å². The summed E-state index contributed by atoms with van der Waals surface area (Å²) >= 11 is 6.25. The summed E-state index contributed by atoms with van der Waals surface area (Å²) in [6.07, 6.45) is 2.23. The van der Waals surface area contributed by atoms with Gasteiger partial charge in [0.2, 0.25) is 0 Å². The van der Waals surface area contributed by atoms with Crippen LogP contribution in [0.5, 0.6) is 5.75 Å². The molecular formula is C12H16ClNO. The highest BCUT2D eigenvalue weighted by Crippen LogP contribution is 2.53.